The zero-order valence-electron chi connectivity index (χ0n) is 12.9. The van der Waals surface area contributed by atoms with Crippen LogP contribution < -0.4 is 9.47 Å². The van der Waals surface area contributed by atoms with Gasteiger partial charge in [-0.1, -0.05) is 17.7 Å². The predicted molar refractivity (Wildman–Crippen MR) is 86.9 cm³/mol. The van der Waals surface area contributed by atoms with Crippen molar-refractivity contribution in [3.8, 4) is 17.2 Å². The number of fused-ring (bicyclic) bond motifs is 1. The van der Waals surface area contributed by atoms with Gasteiger partial charge in [0.1, 0.15) is 17.2 Å². The van der Waals surface area contributed by atoms with Crippen LogP contribution in [-0.4, -0.2) is 12.3 Å². The van der Waals surface area contributed by atoms with E-state index in [-0.39, 0.29) is 5.75 Å². The Hall–Kier alpha value is -2.14. The lowest BCUT2D eigenvalue weighted by atomic mass is 10.1. The third-order valence-corrected chi connectivity index (χ3v) is 3.93. The molecule has 3 rings (SSSR count). The molecule has 1 heterocycles. The van der Waals surface area contributed by atoms with Gasteiger partial charge in [-0.3, -0.25) is 0 Å². The highest BCUT2D eigenvalue weighted by molar-refractivity contribution is 6.30. The molecule has 0 fully saturated rings. The van der Waals surface area contributed by atoms with Crippen LogP contribution in [0, 0.1) is 13.8 Å². The second-order valence-electron chi connectivity index (χ2n) is 5.61. The van der Waals surface area contributed by atoms with Crippen molar-refractivity contribution in [1.29, 1.82) is 0 Å². The van der Waals surface area contributed by atoms with Crippen LogP contribution in [0.15, 0.2) is 36.4 Å². The minimum atomic E-state index is -4.45. The molecule has 0 spiro atoms. The summed E-state index contributed by atoms with van der Waals surface area (Å²) in [5, 5.41) is 0.587. The van der Waals surface area contributed by atoms with Crippen molar-refractivity contribution >= 4 is 17.7 Å². The lowest BCUT2D eigenvalue weighted by Gasteiger charge is -2.24. The highest BCUT2D eigenvalue weighted by atomic mass is 35.5. The predicted octanol–water partition coefficient (Wildman–Crippen LogP) is 6.09. The van der Waals surface area contributed by atoms with Gasteiger partial charge in [-0.05, 0) is 55.3 Å². The second-order valence-corrected chi connectivity index (χ2v) is 6.04. The van der Waals surface area contributed by atoms with Crippen molar-refractivity contribution < 1.29 is 22.6 Å². The Kier molecular flexibility index (Phi) is 4.22. The van der Waals surface area contributed by atoms with Crippen molar-refractivity contribution in [2.75, 3.05) is 0 Å². The molecule has 2 aromatic carbocycles. The number of rotatable bonds is 2. The normalized spacial score (nSPS) is 16.5. The maximum Gasteiger partial charge on any atom is 0.429 e. The summed E-state index contributed by atoms with van der Waals surface area (Å²) in [6.45, 7) is 3.67. The van der Waals surface area contributed by atoms with Crippen LogP contribution >= 0.6 is 11.6 Å². The lowest BCUT2D eigenvalue weighted by Crippen LogP contribution is -2.33. The molecule has 0 aromatic heterocycles. The summed E-state index contributed by atoms with van der Waals surface area (Å²) in [5.41, 5.74) is 2.21. The smallest absolute Gasteiger partial charge is 0.429 e. The largest absolute Gasteiger partial charge is 0.476 e. The molecule has 1 unspecified atom stereocenters. The molecule has 2 nitrogen and oxygen atoms in total. The quantitative estimate of drug-likeness (QED) is 0.650. The molecule has 0 bridgehead atoms. The Balaban J connectivity index is 1.93. The molecule has 1 atom stereocenters. The van der Waals surface area contributed by atoms with Gasteiger partial charge in [0.15, 0.2) is 0 Å². The standard InChI is InChI=1S/C18H14ClF3O2/c1-10-7-12-3-6-17(18(20,21)22)24-16(12)9-15(10)23-14-5-4-13(19)8-11(14)2/h3-9,17H,1-2H3. The molecule has 0 aliphatic carbocycles. The Morgan fingerprint density at radius 2 is 1.75 bits per heavy atom. The summed E-state index contributed by atoms with van der Waals surface area (Å²) in [6.07, 6.45) is -3.97. The first-order valence-electron chi connectivity index (χ1n) is 7.24. The Morgan fingerprint density at radius 1 is 1.04 bits per heavy atom. The third kappa shape index (κ3) is 3.36. The Bertz CT molecular complexity index is 813. The monoisotopic (exact) mass is 354 g/mol. The molecule has 126 valence electrons. The second kappa shape index (κ2) is 6.06. The van der Waals surface area contributed by atoms with E-state index in [2.05, 4.69) is 0 Å². The van der Waals surface area contributed by atoms with E-state index in [1.165, 1.54) is 12.1 Å². The van der Waals surface area contributed by atoms with Gasteiger partial charge in [-0.2, -0.15) is 13.2 Å². The molecule has 24 heavy (non-hydrogen) atoms. The molecule has 0 saturated carbocycles. The minimum absolute atomic E-state index is 0.145. The van der Waals surface area contributed by atoms with Gasteiger partial charge < -0.3 is 9.47 Å². The van der Waals surface area contributed by atoms with Gasteiger partial charge >= 0.3 is 6.18 Å². The van der Waals surface area contributed by atoms with Crippen molar-refractivity contribution in [2.45, 2.75) is 26.1 Å². The summed E-state index contributed by atoms with van der Waals surface area (Å²) in [7, 11) is 0. The van der Waals surface area contributed by atoms with E-state index in [0.717, 1.165) is 17.2 Å². The molecule has 0 saturated heterocycles. The number of hydrogen-bond acceptors (Lipinski definition) is 2. The summed E-state index contributed by atoms with van der Waals surface area (Å²) in [6, 6.07) is 8.38. The van der Waals surface area contributed by atoms with E-state index in [9.17, 15) is 13.2 Å². The van der Waals surface area contributed by atoms with E-state index < -0.39 is 12.3 Å². The first-order valence-corrected chi connectivity index (χ1v) is 7.62. The van der Waals surface area contributed by atoms with Crippen molar-refractivity contribution in [3.05, 3.63) is 58.1 Å². The van der Waals surface area contributed by atoms with Gasteiger partial charge in [0.2, 0.25) is 6.10 Å². The van der Waals surface area contributed by atoms with E-state index in [1.807, 2.05) is 13.8 Å². The molecule has 6 heteroatoms. The number of halogens is 4. The number of hydrogen-bond donors (Lipinski definition) is 0. The minimum Gasteiger partial charge on any atom is -0.476 e. The highest BCUT2D eigenvalue weighted by Gasteiger charge is 2.41. The van der Waals surface area contributed by atoms with Crippen LogP contribution in [0.4, 0.5) is 13.2 Å². The van der Waals surface area contributed by atoms with Crippen molar-refractivity contribution in [2.24, 2.45) is 0 Å². The maximum absolute atomic E-state index is 12.8. The topological polar surface area (TPSA) is 18.5 Å². The van der Waals surface area contributed by atoms with E-state index in [1.54, 1.807) is 24.3 Å². The Morgan fingerprint density at radius 3 is 2.42 bits per heavy atom. The molecular formula is C18H14ClF3O2. The van der Waals surface area contributed by atoms with Crippen molar-refractivity contribution in [3.63, 3.8) is 0 Å². The van der Waals surface area contributed by atoms with Gasteiger partial charge in [-0.25, -0.2) is 0 Å². The molecule has 2 aromatic rings. The highest BCUT2D eigenvalue weighted by Crippen LogP contribution is 2.38. The summed E-state index contributed by atoms with van der Waals surface area (Å²) in [5.74, 6) is 1.17. The zero-order valence-corrected chi connectivity index (χ0v) is 13.7. The fourth-order valence-electron chi connectivity index (χ4n) is 2.42. The van der Waals surface area contributed by atoms with Crippen LogP contribution in [0.5, 0.6) is 17.2 Å². The summed E-state index contributed by atoms with van der Waals surface area (Å²) < 4.78 is 49.4. The van der Waals surface area contributed by atoms with Gasteiger partial charge in [-0.15, -0.1) is 0 Å². The van der Waals surface area contributed by atoms with Crippen LogP contribution in [0.1, 0.15) is 16.7 Å². The summed E-state index contributed by atoms with van der Waals surface area (Å²) >= 11 is 5.92. The zero-order chi connectivity index (χ0) is 17.5. The first-order chi connectivity index (χ1) is 11.2. The molecule has 1 aliphatic rings. The van der Waals surface area contributed by atoms with Crippen LogP contribution in [0.25, 0.3) is 6.08 Å². The lowest BCUT2D eigenvalue weighted by molar-refractivity contribution is -0.180. The average molecular weight is 355 g/mol. The first kappa shape index (κ1) is 16.7. The van der Waals surface area contributed by atoms with Gasteiger partial charge in [0, 0.05) is 16.7 Å². The summed E-state index contributed by atoms with van der Waals surface area (Å²) in [4.78, 5) is 0. The van der Waals surface area contributed by atoms with Crippen LogP contribution in [0.3, 0.4) is 0 Å². The SMILES string of the molecule is Cc1cc(Cl)ccc1Oc1cc2c(cc1C)C=CC(C(F)(F)F)O2. The molecule has 0 radical (unpaired) electrons. The molecule has 1 aliphatic heterocycles. The fraction of sp³-hybridized carbons (Fsp3) is 0.222. The fourth-order valence-corrected chi connectivity index (χ4v) is 2.65. The van der Waals surface area contributed by atoms with Gasteiger partial charge in [0.05, 0.1) is 0 Å². The number of benzene rings is 2. The molecule has 0 N–H and O–H groups in total. The van der Waals surface area contributed by atoms with Crippen LogP contribution in [-0.2, 0) is 0 Å². The number of alkyl halides is 3. The third-order valence-electron chi connectivity index (χ3n) is 3.69. The van der Waals surface area contributed by atoms with Crippen LogP contribution in [0.2, 0.25) is 5.02 Å². The maximum atomic E-state index is 12.8. The van der Waals surface area contributed by atoms with Crippen molar-refractivity contribution in [1.82, 2.24) is 0 Å². The van der Waals surface area contributed by atoms with Gasteiger partial charge in [0.25, 0.3) is 0 Å². The Labute approximate surface area is 142 Å². The number of aryl methyl sites for hydroxylation is 2. The van der Waals surface area contributed by atoms with E-state index in [4.69, 9.17) is 21.1 Å². The molecule has 0 amide bonds. The number of ether oxygens (including phenoxy) is 2. The molecular weight excluding hydrogens is 341 g/mol. The van der Waals surface area contributed by atoms with E-state index >= 15 is 0 Å². The average Bonchev–Trinajstić information content (AvgIpc) is 2.49. The van der Waals surface area contributed by atoms with E-state index in [0.29, 0.717) is 22.1 Å².